The fourth-order valence-corrected chi connectivity index (χ4v) is 4.31. The van der Waals surface area contributed by atoms with Gasteiger partial charge >= 0.3 is 0 Å². The summed E-state index contributed by atoms with van der Waals surface area (Å²) in [6.45, 7) is 3.90. The van der Waals surface area contributed by atoms with Gasteiger partial charge in [-0.3, -0.25) is 0 Å². The van der Waals surface area contributed by atoms with Gasteiger partial charge < -0.3 is 19.8 Å². The number of hydrogen-bond acceptors (Lipinski definition) is 5. The zero-order valence-corrected chi connectivity index (χ0v) is 20.0. The molecule has 0 amide bonds. The van der Waals surface area contributed by atoms with Gasteiger partial charge in [-0.25, -0.2) is 9.97 Å². The molecule has 2 aromatic heterocycles. The van der Waals surface area contributed by atoms with Crippen molar-refractivity contribution in [2.45, 2.75) is 39.3 Å². The highest BCUT2D eigenvalue weighted by Crippen LogP contribution is 2.31. The summed E-state index contributed by atoms with van der Waals surface area (Å²) in [7, 11) is 0. The molecule has 178 valence electrons. The lowest BCUT2D eigenvalue weighted by atomic mass is 10.1. The van der Waals surface area contributed by atoms with Crippen molar-refractivity contribution in [1.82, 2.24) is 14.5 Å². The monoisotopic (exact) mass is 466 g/mol. The Kier molecular flexibility index (Phi) is 6.80. The van der Waals surface area contributed by atoms with Gasteiger partial charge in [0.25, 0.3) is 0 Å². The van der Waals surface area contributed by atoms with Crippen molar-refractivity contribution >= 4 is 27.8 Å². The first-order valence-electron chi connectivity index (χ1n) is 12.2. The zero-order chi connectivity index (χ0) is 24.0. The average molecular weight is 467 g/mol. The Morgan fingerprint density at radius 1 is 0.857 bits per heavy atom. The third-order valence-corrected chi connectivity index (χ3v) is 6.08. The maximum Gasteiger partial charge on any atom is 0.152 e. The first-order chi connectivity index (χ1) is 17.2. The smallest absolute Gasteiger partial charge is 0.152 e. The molecule has 0 fully saturated rings. The maximum atomic E-state index is 6.41. The van der Waals surface area contributed by atoms with Gasteiger partial charge in [0.2, 0.25) is 0 Å². The highest BCUT2D eigenvalue weighted by atomic mass is 16.5. The summed E-state index contributed by atoms with van der Waals surface area (Å²) in [5.41, 5.74) is 10.1. The second kappa shape index (κ2) is 10.5. The molecule has 0 unspecified atom stereocenters. The first-order valence-corrected chi connectivity index (χ1v) is 12.2. The van der Waals surface area contributed by atoms with Gasteiger partial charge in [-0.05, 0) is 36.2 Å². The third-order valence-electron chi connectivity index (χ3n) is 6.08. The Labute approximate surface area is 205 Å². The lowest BCUT2D eigenvalue weighted by Crippen LogP contribution is -2.11. The number of nitrogens with zero attached hydrogens (tertiary/aromatic N) is 3. The predicted octanol–water partition coefficient (Wildman–Crippen LogP) is 6.17. The number of benzene rings is 3. The van der Waals surface area contributed by atoms with Crippen LogP contribution in [0.5, 0.6) is 11.5 Å². The third kappa shape index (κ3) is 5.06. The highest BCUT2D eigenvalue weighted by Gasteiger charge is 2.18. The SMILES string of the molecule is CCCCc1nc2c(N)nc3cc(OCc4ccccc4)ccc3c2n1CCOc1ccccc1. The summed E-state index contributed by atoms with van der Waals surface area (Å²) in [4.78, 5) is 9.59. The van der Waals surface area contributed by atoms with Gasteiger partial charge in [0.15, 0.2) is 5.82 Å². The molecule has 3 aromatic carbocycles. The number of para-hydroxylation sites is 1. The number of aryl methyl sites for hydroxylation is 1. The molecule has 0 aliphatic carbocycles. The number of aromatic nitrogens is 3. The van der Waals surface area contributed by atoms with Crippen molar-refractivity contribution in [2.75, 3.05) is 12.3 Å². The molecule has 6 heteroatoms. The summed E-state index contributed by atoms with van der Waals surface area (Å²) in [6, 6.07) is 26.0. The van der Waals surface area contributed by atoms with Gasteiger partial charge in [0.1, 0.15) is 36.1 Å². The molecule has 0 saturated carbocycles. The number of ether oxygens (including phenoxy) is 2. The first kappa shape index (κ1) is 22.7. The van der Waals surface area contributed by atoms with E-state index in [1.54, 1.807) is 0 Å². The van der Waals surface area contributed by atoms with E-state index in [2.05, 4.69) is 34.7 Å². The highest BCUT2D eigenvalue weighted by molar-refractivity contribution is 6.06. The molecule has 0 aliphatic heterocycles. The summed E-state index contributed by atoms with van der Waals surface area (Å²) in [5, 5.41) is 1.01. The lowest BCUT2D eigenvalue weighted by Gasteiger charge is -2.13. The van der Waals surface area contributed by atoms with Crippen molar-refractivity contribution in [1.29, 1.82) is 0 Å². The van der Waals surface area contributed by atoms with Crippen molar-refractivity contribution in [3.63, 3.8) is 0 Å². The van der Waals surface area contributed by atoms with E-state index in [0.29, 0.717) is 25.6 Å². The largest absolute Gasteiger partial charge is 0.492 e. The number of nitrogens with two attached hydrogens (primary N) is 1. The number of fused-ring (bicyclic) bond motifs is 3. The normalized spacial score (nSPS) is 11.2. The van der Waals surface area contributed by atoms with Crippen LogP contribution in [0.3, 0.4) is 0 Å². The van der Waals surface area contributed by atoms with Crippen LogP contribution < -0.4 is 15.2 Å². The van der Waals surface area contributed by atoms with E-state index in [4.69, 9.17) is 20.2 Å². The Bertz CT molecular complexity index is 1420. The molecular weight excluding hydrogens is 436 g/mol. The van der Waals surface area contributed by atoms with E-state index in [0.717, 1.165) is 64.1 Å². The summed E-state index contributed by atoms with van der Waals surface area (Å²) in [5.74, 6) is 3.08. The number of nitrogen functional groups attached to an aromatic ring is 1. The van der Waals surface area contributed by atoms with Crippen LogP contribution in [0.4, 0.5) is 5.82 Å². The van der Waals surface area contributed by atoms with Gasteiger partial charge in [0, 0.05) is 17.9 Å². The number of imidazole rings is 1. The lowest BCUT2D eigenvalue weighted by molar-refractivity contribution is 0.298. The minimum atomic E-state index is 0.438. The van der Waals surface area contributed by atoms with Crippen molar-refractivity contribution in [3.05, 3.63) is 90.3 Å². The molecule has 0 radical (unpaired) electrons. The molecule has 0 bridgehead atoms. The molecule has 0 saturated heterocycles. The molecule has 0 spiro atoms. The molecule has 5 rings (SSSR count). The van der Waals surface area contributed by atoms with E-state index in [9.17, 15) is 0 Å². The van der Waals surface area contributed by atoms with Crippen LogP contribution in [0.2, 0.25) is 0 Å². The van der Waals surface area contributed by atoms with Gasteiger partial charge in [-0.2, -0.15) is 0 Å². The van der Waals surface area contributed by atoms with Crippen LogP contribution in [0.15, 0.2) is 78.9 Å². The Balaban J connectivity index is 1.48. The standard InChI is InChI=1S/C29H30N4O2/c1-2-3-14-26-32-27-28(33(26)17-18-34-22-12-8-5-9-13-22)24-16-15-23(19-25(24)31-29(27)30)35-20-21-10-6-4-7-11-21/h4-13,15-16,19H,2-3,14,17-18,20H2,1H3,(H2,30,31). The molecular formula is C29H30N4O2. The van der Waals surface area contributed by atoms with Gasteiger partial charge in [-0.1, -0.05) is 61.9 Å². The molecule has 0 atom stereocenters. The van der Waals surface area contributed by atoms with Gasteiger partial charge in [-0.15, -0.1) is 0 Å². The molecule has 0 aliphatic rings. The molecule has 35 heavy (non-hydrogen) atoms. The maximum absolute atomic E-state index is 6.41. The second-order valence-corrected chi connectivity index (χ2v) is 8.59. The minimum absolute atomic E-state index is 0.438. The summed E-state index contributed by atoms with van der Waals surface area (Å²) >= 11 is 0. The quantitative estimate of drug-likeness (QED) is 0.266. The molecule has 6 nitrogen and oxygen atoms in total. The van der Waals surface area contributed by atoms with Crippen LogP contribution in [-0.4, -0.2) is 21.1 Å². The number of anilines is 1. The van der Waals surface area contributed by atoms with Crippen molar-refractivity contribution < 1.29 is 9.47 Å². The Morgan fingerprint density at radius 2 is 1.63 bits per heavy atom. The number of pyridine rings is 1. The van der Waals surface area contributed by atoms with E-state index in [1.807, 2.05) is 60.7 Å². The van der Waals surface area contributed by atoms with Crippen molar-refractivity contribution in [2.24, 2.45) is 0 Å². The topological polar surface area (TPSA) is 75.2 Å². The van der Waals surface area contributed by atoms with Crippen LogP contribution in [0.1, 0.15) is 31.2 Å². The van der Waals surface area contributed by atoms with Crippen LogP contribution >= 0.6 is 0 Å². The second-order valence-electron chi connectivity index (χ2n) is 8.59. The van der Waals surface area contributed by atoms with Crippen molar-refractivity contribution in [3.8, 4) is 11.5 Å². The van der Waals surface area contributed by atoms with E-state index in [-0.39, 0.29) is 0 Å². The molecule has 5 aromatic rings. The number of hydrogen-bond donors (Lipinski definition) is 1. The van der Waals surface area contributed by atoms with E-state index < -0.39 is 0 Å². The summed E-state index contributed by atoms with van der Waals surface area (Å²) < 4.78 is 14.3. The molecule has 2 heterocycles. The molecule has 2 N–H and O–H groups in total. The Hall–Kier alpha value is -4.06. The fourth-order valence-electron chi connectivity index (χ4n) is 4.31. The van der Waals surface area contributed by atoms with Crippen LogP contribution in [0.25, 0.3) is 21.9 Å². The average Bonchev–Trinajstić information content (AvgIpc) is 3.26. The van der Waals surface area contributed by atoms with Gasteiger partial charge in [0.05, 0.1) is 17.6 Å². The Morgan fingerprint density at radius 3 is 2.40 bits per heavy atom. The fraction of sp³-hybridized carbons (Fsp3) is 0.241. The minimum Gasteiger partial charge on any atom is -0.492 e. The zero-order valence-electron chi connectivity index (χ0n) is 20.0. The number of rotatable bonds is 10. The van der Waals surface area contributed by atoms with Crippen LogP contribution in [0, 0.1) is 0 Å². The van der Waals surface area contributed by atoms with E-state index >= 15 is 0 Å². The van der Waals surface area contributed by atoms with E-state index in [1.165, 1.54) is 0 Å². The van der Waals surface area contributed by atoms with Crippen LogP contribution in [-0.2, 0) is 19.6 Å². The number of unbranched alkanes of at least 4 members (excludes halogenated alkanes) is 1. The summed E-state index contributed by atoms with van der Waals surface area (Å²) in [6.07, 6.45) is 3.04. The predicted molar refractivity (Wildman–Crippen MR) is 141 cm³/mol.